The van der Waals surface area contributed by atoms with Gasteiger partial charge in [-0.1, -0.05) is 12.8 Å². The molecule has 1 unspecified atom stereocenters. The van der Waals surface area contributed by atoms with Gasteiger partial charge in [0.15, 0.2) is 0 Å². The predicted octanol–water partition coefficient (Wildman–Crippen LogP) is 2.26. The molecule has 20 heavy (non-hydrogen) atoms. The Morgan fingerprint density at radius 1 is 1.35 bits per heavy atom. The van der Waals surface area contributed by atoms with E-state index in [1.165, 1.54) is 25.7 Å². The monoisotopic (exact) mass is 304 g/mol. The van der Waals surface area contributed by atoms with Crippen LogP contribution >= 0.6 is 12.4 Å². The molecule has 1 saturated carbocycles. The molecule has 1 atom stereocenters. The first-order valence-corrected chi connectivity index (χ1v) is 7.81. The number of amides is 1. The van der Waals surface area contributed by atoms with E-state index in [1.54, 1.807) is 0 Å². The largest absolute Gasteiger partial charge is 0.378 e. The summed E-state index contributed by atoms with van der Waals surface area (Å²) in [6.45, 7) is 5.42. The molecule has 5 heteroatoms. The molecular formula is C15H29ClN2O2. The third-order valence-corrected chi connectivity index (χ3v) is 4.41. The Hall–Kier alpha value is -0.320. The van der Waals surface area contributed by atoms with Crippen LogP contribution in [0.3, 0.4) is 0 Å². The van der Waals surface area contributed by atoms with Crippen molar-refractivity contribution in [3.63, 3.8) is 0 Å². The lowest BCUT2D eigenvalue weighted by molar-refractivity contribution is -0.131. The highest BCUT2D eigenvalue weighted by Gasteiger charge is 2.34. The van der Waals surface area contributed by atoms with Crippen molar-refractivity contribution in [3.05, 3.63) is 0 Å². The number of hydrogen-bond acceptors (Lipinski definition) is 3. The smallest absolute Gasteiger partial charge is 0.227 e. The fourth-order valence-electron chi connectivity index (χ4n) is 3.04. The molecule has 2 aliphatic rings. The molecule has 118 valence electrons. The molecule has 1 heterocycles. The highest BCUT2D eigenvalue weighted by Crippen LogP contribution is 2.25. The van der Waals surface area contributed by atoms with Gasteiger partial charge in [0.25, 0.3) is 0 Å². The summed E-state index contributed by atoms with van der Waals surface area (Å²) in [4.78, 5) is 12.1. The first-order chi connectivity index (χ1) is 9.21. The van der Waals surface area contributed by atoms with E-state index in [0.29, 0.717) is 6.10 Å². The first-order valence-electron chi connectivity index (χ1n) is 7.81. The van der Waals surface area contributed by atoms with Gasteiger partial charge in [0.05, 0.1) is 11.5 Å². The topological polar surface area (TPSA) is 50.4 Å². The van der Waals surface area contributed by atoms with Crippen LogP contribution in [0.2, 0.25) is 0 Å². The molecule has 2 rings (SSSR count). The van der Waals surface area contributed by atoms with Crippen LogP contribution in [0.5, 0.6) is 0 Å². The van der Waals surface area contributed by atoms with Gasteiger partial charge in [-0.25, -0.2) is 0 Å². The van der Waals surface area contributed by atoms with Crippen LogP contribution in [0.1, 0.15) is 51.9 Å². The number of nitrogens with one attached hydrogen (secondary N) is 2. The SMILES string of the molecule is CC1(C(=O)NCCCOC2CCCC2)CCCNC1.Cl. The number of hydrogen-bond donors (Lipinski definition) is 2. The number of piperidine rings is 1. The predicted molar refractivity (Wildman–Crippen MR) is 83.3 cm³/mol. The van der Waals surface area contributed by atoms with Crippen molar-refractivity contribution in [2.45, 2.75) is 58.0 Å². The second-order valence-corrected chi connectivity index (χ2v) is 6.23. The zero-order valence-corrected chi connectivity index (χ0v) is 13.4. The summed E-state index contributed by atoms with van der Waals surface area (Å²) in [5.41, 5.74) is -0.218. The van der Waals surface area contributed by atoms with Crippen molar-refractivity contribution in [3.8, 4) is 0 Å². The van der Waals surface area contributed by atoms with Crippen LogP contribution in [0.15, 0.2) is 0 Å². The van der Waals surface area contributed by atoms with Gasteiger partial charge >= 0.3 is 0 Å². The van der Waals surface area contributed by atoms with Crippen LogP contribution in [-0.4, -0.2) is 38.3 Å². The van der Waals surface area contributed by atoms with E-state index in [9.17, 15) is 4.79 Å². The number of carbonyl (C=O) groups excluding carboxylic acids is 1. The lowest BCUT2D eigenvalue weighted by atomic mass is 9.82. The summed E-state index contributed by atoms with van der Waals surface area (Å²) < 4.78 is 5.79. The Kier molecular flexibility index (Phi) is 7.85. The maximum Gasteiger partial charge on any atom is 0.227 e. The van der Waals surface area contributed by atoms with Crippen molar-refractivity contribution in [2.24, 2.45) is 5.41 Å². The minimum Gasteiger partial charge on any atom is -0.378 e. The van der Waals surface area contributed by atoms with Crippen LogP contribution < -0.4 is 10.6 Å². The number of carbonyl (C=O) groups is 1. The third-order valence-electron chi connectivity index (χ3n) is 4.41. The summed E-state index contributed by atoms with van der Waals surface area (Å²) >= 11 is 0. The molecule has 0 bridgehead atoms. The van der Waals surface area contributed by atoms with Crippen molar-refractivity contribution in [1.29, 1.82) is 0 Å². The first kappa shape index (κ1) is 17.7. The van der Waals surface area contributed by atoms with E-state index in [0.717, 1.165) is 45.5 Å². The Labute approximate surface area is 128 Å². The average Bonchev–Trinajstić information content (AvgIpc) is 2.92. The Morgan fingerprint density at radius 3 is 2.75 bits per heavy atom. The number of halogens is 1. The molecule has 1 aliphatic carbocycles. The van der Waals surface area contributed by atoms with Gasteiger partial charge in [-0.05, 0) is 45.6 Å². The van der Waals surface area contributed by atoms with Crippen LogP contribution in [-0.2, 0) is 9.53 Å². The highest BCUT2D eigenvalue weighted by molar-refractivity contribution is 5.85. The second kappa shape index (κ2) is 8.85. The fourth-order valence-corrected chi connectivity index (χ4v) is 3.04. The lowest BCUT2D eigenvalue weighted by Crippen LogP contribution is -2.48. The van der Waals surface area contributed by atoms with E-state index in [4.69, 9.17) is 4.74 Å². The zero-order chi connectivity index (χ0) is 13.6. The van der Waals surface area contributed by atoms with Gasteiger partial charge in [0.1, 0.15) is 0 Å². The fraction of sp³-hybridized carbons (Fsp3) is 0.933. The molecule has 0 aromatic heterocycles. The van der Waals surface area contributed by atoms with Crippen LogP contribution in [0.25, 0.3) is 0 Å². The summed E-state index contributed by atoms with van der Waals surface area (Å²) in [6, 6.07) is 0. The molecule has 2 fully saturated rings. The summed E-state index contributed by atoms with van der Waals surface area (Å²) in [6.07, 6.45) is 8.55. The second-order valence-electron chi connectivity index (χ2n) is 6.23. The Bertz CT molecular complexity index is 288. The summed E-state index contributed by atoms with van der Waals surface area (Å²) in [5, 5.41) is 6.37. The Morgan fingerprint density at radius 2 is 2.10 bits per heavy atom. The van der Waals surface area contributed by atoms with Crippen molar-refractivity contribution in [1.82, 2.24) is 10.6 Å². The van der Waals surface area contributed by atoms with E-state index in [2.05, 4.69) is 17.6 Å². The lowest BCUT2D eigenvalue weighted by Gasteiger charge is -2.32. The normalized spacial score (nSPS) is 27.1. The zero-order valence-electron chi connectivity index (χ0n) is 12.6. The maximum absolute atomic E-state index is 12.1. The van der Waals surface area contributed by atoms with Crippen LogP contribution in [0, 0.1) is 5.41 Å². The number of ether oxygens (including phenoxy) is 1. The van der Waals surface area contributed by atoms with Crippen molar-refractivity contribution < 1.29 is 9.53 Å². The molecule has 4 nitrogen and oxygen atoms in total. The molecule has 0 radical (unpaired) electrons. The van der Waals surface area contributed by atoms with Crippen molar-refractivity contribution in [2.75, 3.05) is 26.2 Å². The summed E-state index contributed by atoms with van der Waals surface area (Å²) in [7, 11) is 0. The molecule has 1 aliphatic heterocycles. The van der Waals surface area contributed by atoms with Gasteiger partial charge in [-0.2, -0.15) is 0 Å². The molecule has 1 saturated heterocycles. The highest BCUT2D eigenvalue weighted by atomic mass is 35.5. The van der Waals surface area contributed by atoms with Crippen LogP contribution in [0.4, 0.5) is 0 Å². The summed E-state index contributed by atoms with van der Waals surface area (Å²) in [5.74, 6) is 0.195. The van der Waals surface area contributed by atoms with Crippen molar-refractivity contribution >= 4 is 18.3 Å². The van der Waals surface area contributed by atoms with E-state index >= 15 is 0 Å². The number of rotatable bonds is 6. The molecule has 1 amide bonds. The van der Waals surface area contributed by atoms with Gasteiger partial charge < -0.3 is 15.4 Å². The minimum atomic E-state index is -0.218. The van der Waals surface area contributed by atoms with E-state index in [1.807, 2.05) is 0 Å². The molecule has 0 spiro atoms. The molecule has 0 aromatic carbocycles. The molecule has 0 aromatic rings. The van der Waals surface area contributed by atoms with Gasteiger partial charge in [0, 0.05) is 19.7 Å². The maximum atomic E-state index is 12.1. The van der Waals surface area contributed by atoms with E-state index < -0.39 is 0 Å². The van der Waals surface area contributed by atoms with Gasteiger partial charge in [0.2, 0.25) is 5.91 Å². The van der Waals surface area contributed by atoms with E-state index in [-0.39, 0.29) is 23.7 Å². The minimum absolute atomic E-state index is 0. The Balaban J connectivity index is 0.00000200. The van der Waals surface area contributed by atoms with Gasteiger partial charge in [-0.3, -0.25) is 4.79 Å². The molecular weight excluding hydrogens is 276 g/mol. The molecule has 2 N–H and O–H groups in total. The average molecular weight is 305 g/mol. The third kappa shape index (κ3) is 5.23. The standard InChI is InChI=1S/C15H28N2O2.ClH/c1-15(8-4-9-16-12-15)14(18)17-10-5-11-19-13-6-2-3-7-13;/h13,16H,2-12H2,1H3,(H,17,18);1H. The van der Waals surface area contributed by atoms with Gasteiger partial charge in [-0.15, -0.1) is 12.4 Å². The quantitative estimate of drug-likeness (QED) is 0.740.